The molecule has 0 saturated heterocycles. The van der Waals surface area contributed by atoms with E-state index in [-0.39, 0.29) is 0 Å². The van der Waals surface area contributed by atoms with Crippen LogP contribution in [0.2, 0.25) is 10.0 Å². The largest absolute Gasteiger partial charge is 0.496 e. The third-order valence-corrected chi connectivity index (χ3v) is 4.90. The summed E-state index contributed by atoms with van der Waals surface area (Å²) in [6.45, 7) is 0. The maximum atomic E-state index is 10.6. The Morgan fingerprint density at radius 3 is 2.55 bits per heavy atom. The number of carboxylic acid groups (broad SMARTS) is 1. The van der Waals surface area contributed by atoms with E-state index in [2.05, 4.69) is 0 Å². The van der Waals surface area contributed by atoms with E-state index in [0.717, 1.165) is 21.6 Å². The average molecular weight is 355 g/mol. The molecule has 0 saturated carbocycles. The van der Waals surface area contributed by atoms with E-state index in [1.54, 1.807) is 19.2 Å². The zero-order valence-corrected chi connectivity index (χ0v) is 13.9. The first-order chi connectivity index (χ1) is 10.5. The zero-order chi connectivity index (χ0) is 16.1. The number of hydrogen-bond donors (Lipinski definition) is 1. The Bertz CT molecular complexity index is 729. The molecule has 0 amide bonds. The molecule has 2 aromatic carbocycles. The van der Waals surface area contributed by atoms with Gasteiger partial charge in [-0.25, -0.2) is 4.79 Å². The predicted molar refractivity (Wildman–Crippen MR) is 90.2 cm³/mol. The lowest BCUT2D eigenvalue weighted by Crippen LogP contribution is -1.88. The average Bonchev–Trinajstić information content (AvgIpc) is 2.51. The summed E-state index contributed by atoms with van der Waals surface area (Å²) in [7, 11) is 1.60. The van der Waals surface area contributed by atoms with Gasteiger partial charge < -0.3 is 9.84 Å². The third kappa shape index (κ3) is 3.97. The Labute approximate surface area is 142 Å². The van der Waals surface area contributed by atoms with Crippen molar-refractivity contribution in [1.82, 2.24) is 0 Å². The molecule has 22 heavy (non-hydrogen) atoms. The molecule has 0 aliphatic heterocycles. The van der Waals surface area contributed by atoms with E-state index in [1.807, 2.05) is 24.3 Å². The quantitative estimate of drug-likeness (QED) is 0.744. The highest BCUT2D eigenvalue weighted by atomic mass is 35.5. The Balaban J connectivity index is 2.33. The van der Waals surface area contributed by atoms with Crippen LogP contribution in [0.3, 0.4) is 0 Å². The fourth-order valence-corrected chi connectivity index (χ4v) is 3.27. The summed E-state index contributed by atoms with van der Waals surface area (Å²) in [6, 6.07) is 11.1. The van der Waals surface area contributed by atoms with Crippen LogP contribution in [0, 0.1) is 0 Å². The van der Waals surface area contributed by atoms with E-state index < -0.39 is 5.97 Å². The topological polar surface area (TPSA) is 46.5 Å². The Morgan fingerprint density at radius 1 is 1.14 bits per heavy atom. The van der Waals surface area contributed by atoms with Gasteiger partial charge in [0.25, 0.3) is 0 Å². The maximum Gasteiger partial charge on any atom is 0.328 e. The summed E-state index contributed by atoms with van der Waals surface area (Å²) in [5.74, 6) is -0.297. The Hall–Kier alpha value is -1.62. The second-order valence-corrected chi connectivity index (χ2v) is 6.05. The van der Waals surface area contributed by atoms with Crippen LogP contribution in [-0.4, -0.2) is 18.2 Å². The molecule has 0 heterocycles. The van der Waals surface area contributed by atoms with Gasteiger partial charge in [-0.3, -0.25) is 0 Å². The molecule has 0 aliphatic rings. The van der Waals surface area contributed by atoms with Gasteiger partial charge in [0, 0.05) is 11.0 Å². The number of ether oxygens (including phenoxy) is 1. The number of aliphatic carboxylic acids is 1. The maximum absolute atomic E-state index is 10.6. The normalized spacial score (nSPS) is 10.9. The Kier molecular flexibility index (Phi) is 5.77. The SMILES string of the molecule is COc1ccccc1Sc1ccc(/C=C/C(=O)O)c(Cl)c1Cl. The van der Waals surface area contributed by atoms with E-state index in [4.69, 9.17) is 33.0 Å². The molecule has 0 unspecified atom stereocenters. The van der Waals surface area contributed by atoms with Gasteiger partial charge in [0.1, 0.15) is 5.75 Å². The van der Waals surface area contributed by atoms with Gasteiger partial charge in [-0.2, -0.15) is 0 Å². The summed E-state index contributed by atoms with van der Waals surface area (Å²) in [6.07, 6.45) is 2.43. The van der Waals surface area contributed by atoms with Crippen LogP contribution in [-0.2, 0) is 4.79 Å². The molecule has 0 radical (unpaired) electrons. The monoisotopic (exact) mass is 354 g/mol. The van der Waals surface area contributed by atoms with Crippen molar-refractivity contribution in [2.24, 2.45) is 0 Å². The van der Waals surface area contributed by atoms with E-state index in [0.29, 0.717) is 15.6 Å². The summed E-state index contributed by atoms with van der Waals surface area (Å²) >= 11 is 13.9. The lowest BCUT2D eigenvalue weighted by atomic mass is 10.2. The smallest absolute Gasteiger partial charge is 0.328 e. The standard InChI is InChI=1S/C16H12Cl2O3S/c1-21-11-4-2-3-5-12(11)22-13-8-6-10(7-9-14(19)20)15(17)16(13)18/h2-9H,1H3,(H,19,20)/b9-7+. The zero-order valence-electron chi connectivity index (χ0n) is 11.5. The number of benzene rings is 2. The molecule has 0 spiro atoms. The second kappa shape index (κ2) is 7.58. The molecule has 6 heteroatoms. The van der Waals surface area contributed by atoms with Gasteiger partial charge in [0.2, 0.25) is 0 Å². The fourth-order valence-electron chi connectivity index (χ4n) is 1.74. The van der Waals surface area contributed by atoms with Gasteiger partial charge in [-0.05, 0) is 29.8 Å². The molecule has 114 valence electrons. The van der Waals surface area contributed by atoms with Crippen molar-refractivity contribution in [3.05, 3.63) is 58.1 Å². The summed E-state index contributed by atoms with van der Waals surface area (Å²) < 4.78 is 5.30. The van der Waals surface area contributed by atoms with Crippen molar-refractivity contribution in [3.8, 4) is 5.75 Å². The highest BCUT2D eigenvalue weighted by Crippen LogP contribution is 2.41. The van der Waals surface area contributed by atoms with E-state index >= 15 is 0 Å². The molecule has 2 aromatic rings. The van der Waals surface area contributed by atoms with Crippen LogP contribution in [0.1, 0.15) is 5.56 Å². The van der Waals surface area contributed by atoms with Crippen molar-refractivity contribution in [1.29, 1.82) is 0 Å². The third-order valence-electron chi connectivity index (χ3n) is 2.77. The van der Waals surface area contributed by atoms with Gasteiger partial charge in [-0.15, -0.1) is 0 Å². The van der Waals surface area contributed by atoms with Gasteiger partial charge in [-0.1, -0.05) is 53.2 Å². The number of carboxylic acids is 1. The van der Waals surface area contributed by atoms with E-state index in [1.165, 1.54) is 17.8 Å². The predicted octanol–water partition coefficient (Wildman–Crippen LogP) is 5.25. The minimum absolute atomic E-state index is 0.319. The van der Waals surface area contributed by atoms with Crippen LogP contribution in [0.4, 0.5) is 0 Å². The summed E-state index contributed by atoms with van der Waals surface area (Å²) in [5.41, 5.74) is 0.554. The molecule has 0 atom stereocenters. The molecule has 0 aromatic heterocycles. The summed E-state index contributed by atoms with van der Waals surface area (Å²) in [5, 5.41) is 9.36. The first-order valence-electron chi connectivity index (χ1n) is 6.23. The molecule has 1 N–H and O–H groups in total. The summed E-state index contributed by atoms with van der Waals surface area (Å²) in [4.78, 5) is 12.2. The number of methoxy groups -OCH3 is 1. The first kappa shape index (κ1) is 16.7. The van der Waals surface area contributed by atoms with Crippen molar-refractivity contribution in [2.75, 3.05) is 7.11 Å². The highest BCUT2D eigenvalue weighted by Gasteiger charge is 2.12. The lowest BCUT2D eigenvalue weighted by Gasteiger charge is -2.10. The van der Waals surface area contributed by atoms with Gasteiger partial charge in [0.05, 0.1) is 22.1 Å². The number of para-hydroxylation sites is 1. The number of rotatable bonds is 5. The molecule has 0 fully saturated rings. The second-order valence-electron chi connectivity index (χ2n) is 4.21. The van der Waals surface area contributed by atoms with Crippen molar-refractivity contribution < 1.29 is 14.6 Å². The number of carbonyl (C=O) groups is 1. The Morgan fingerprint density at radius 2 is 1.86 bits per heavy atom. The first-order valence-corrected chi connectivity index (χ1v) is 7.80. The molecule has 2 rings (SSSR count). The van der Waals surface area contributed by atoms with Crippen LogP contribution in [0.15, 0.2) is 52.3 Å². The van der Waals surface area contributed by atoms with Crippen molar-refractivity contribution >= 4 is 47.0 Å². The number of hydrogen-bond acceptors (Lipinski definition) is 3. The van der Waals surface area contributed by atoms with Crippen LogP contribution >= 0.6 is 35.0 Å². The molecule has 0 bridgehead atoms. The lowest BCUT2D eigenvalue weighted by molar-refractivity contribution is -0.131. The molecule has 0 aliphatic carbocycles. The van der Waals surface area contributed by atoms with Crippen molar-refractivity contribution in [2.45, 2.75) is 9.79 Å². The van der Waals surface area contributed by atoms with Gasteiger partial charge >= 0.3 is 5.97 Å². The fraction of sp³-hybridized carbons (Fsp3) is 0.0625. The minimum Gasteiger partial charge on any atom is -0.496 e. The number of halogens is 2. The van der Waals surface area contributed by atoms with Gasteiger partial charge in [0.15, 0.2) is 0 Å². The van der Waals surface area contributed by atoms with Crippen LogP contribution in [0.5, 0.6) is 5.75 Å². The van der Waals surface area contributed by atoms with Crippen molar-refractivity contribution in [3.63, 3.8) is 0 Å². The van der Waals surface area contributed by atoms with Crippen LogP contribution in [0.25, 0.3) is 6.08 Å². The molecular formula is C16H12Cl2O3S. The highest BCUT2D eigenvalue weighted by molar-refractivity contribution is 7.99. The molecular weight excluding hydrogens is 343 g/mol. The van der Waals surface area contributed by atoms with Crippen LogP contribution < -0.4 is 4.74 Å². The minimum atomic E-state index is -1.04. The van der Waals surface area contributed by atoms with E-state index in [9.17, 15) is 4.79 Å². The molecule has 3 nitrogen and oxygen atoms in total.